The maximum atomic E-state index is 11.7. The number of hydrogen-bond donors (Lipinski definition) is 3. The summed E-state index contributed by atoms with van der Waals surface area (Å²) in [7, 11) is 0. The third kappa shape index (κ3) is 3.67. The van der Waals surface area contributed by atoms with Gasteiger partial charge in [-0.25, -0.2) is 4.79 Å². The second-order valence-electron chi connectivity index (χ2n) is 5.24. The molecule has 3 aromatic rings. The molecule has 0 aliphatic heterocycles. The Labute approximate surface area is 129 Å². The van der Waals surface area contributed by atoms with E-state index in [2.05, 4.69) is 33.8 Å². The van der Waals surface area contributed by atoms with Crippen LogP contribution in [0.4, 0.5) is 4.79 Å². The summed E-state index contributed by atoms with van der Waals surface area (Å²) in [6.07, 6.45) is 2.75. The summed E-state index contributed by atoms with van der Waals surface area (Å²) in [6, 6.07) is 18.1. The first kappa shape index (κ1) is 14.2. The number of aromatic nitrogens is 1. The van der Waals surface area contributed by atoms with Gasteiger partial charge in [-0.05, 0) is 35.1 Å². The molecule has 3 N–H and O–H groups in total. The van der Waals surface area contributed by atoms with Crippen LogP contribution in [0.3, 0.4) is 0 Å². The van der Waals surface area contributed by atoms with Gasteiger partial charge in [0.05, 0.1) is 0 Å². The lowest BCUT2D eigenvalue weighted by Crippen LogP contribution is -2.36. The largest absolute Gasteiger partial charge is 0.361 e. The maximum absolute atomic E-state index is 11.7. The van der Waals surface area contributed by atoms with Crippen molar-refractivity contribution >= 4 is 16.9 Å². The Morgan fingerprint density at radius 3 is 2.68 bits per heavy atom. The van der Waals surface area contributed by atoms with Gasteiger partial charge in [0, 0.05) is 24.8 Å². The van der Waals surface area contributed by atoms with Gasteiger partial charge in [0.1, 0.15) is 0 Å². The number of hydrogen-bond acceptors (Lipinski definition) is 1. The van der Waals surface area contributed by atoms with Crippen molar-refractivity contribution in [3.8, 4) is 0 Å². The molecule has 4 nitrogen and oxygen atoms in total. The third-order valence-electron chi connectivity index (χ3n) is 3.61. The lowest BCUT2D eigenvalue weighted by atomic mass is 10.1. The van der Waals surface area contributed by atoms with Crippen LogP contribution < -0.4 is 10.6 Å². The number of aromatic amines is 1. The minimum absolute atomic E-state index is 0.134. The van der Waals surface area contributed by atoms with Gasteiger partial charge in [-0.2, -0.15) is 0 Å². The van der Waals surface area contributed by atoms with E-state index in [4.69, 9.17) is 0 Å². The fraction of sp³-hybridized carbons (Fsp3) is 0.167. The zero-order chi connectivity index (χ0) is 15.2. The molecular formula is C18H19N3O. The molecule has 112 valence electrons. The molecule has 22 heavy (non-hydrogen) atoms. The first-order valence-electron chi connectivity index (χ1n) is 7.43. The van der Waals surface area contributed by atoms with Crippen LogP contribution in [0.2, 0.25) is 0 Å². The van der Waals surface area contributed by atoms with Crippen molar-refractivity contribution in [2.45, 2.75) is 13.0 Å². The number of rotatable bonds is 5. The number of carbonyl (C=O) groups excluding carboxylic acids is 1. The van der Waals surface area contributed by atoms with Crippen LogP contribution in [0.25, 0.3) is 10.9 Å². The van der Waals surface area contributed by atoms with Gasteiger partial charge in [-0.15, -0.1) is 0 Å². The number of amides is 2. The molecule has 0 fully saturated rings. The molecule has 4 heteroatoms. The van der Waals surface area contributed by atoms with E-state index in [1.807, 2.05) is 42.6 Å². The molecule has 0 saturated heterocycles. The highest BCUT2D eigenvalue weighted by atomic mass is 16.2. The minimum Gasteiger partial charge on any atom is -0.361 e. The van der Waals surface area contributed by atoms with Crippen molar-refractivity contribution in [2.75, 3.05) is 6.54 Å². The number of nitrogens with one attached hydrogen (secondary N) is 3. The molecule has 0 unspecified atom stereocenters. The third-order valence-corrected chi connectivity index (χ3v) is 3.61. The lowest BCUT2D eigenvalue weighted by Gasteiger charge is -2.08. The molecule has 0 spiro atoms. The second-order valence-corrected chi connectivity index (χ2v) is 5.24. The Morgan fingerprint density at radius 1 is 0.955 bits per heavy atom. The summed E-state index contributed by atoms with van der Waals surface area (Å²) in [6.45, 7) is 1.16. The molecule has 1 aromatic heterocycles. The smallest absolute Gasteiger partial charge is 0.315 e. The molecule has 0 radical (unpaired) electrons. The van der Waals surface area contributed by atoms with Crippen molar-refractivity contribution < 1.29 is 4.79 Å². The average molecular weight is 293 g/mol. The van der Waals surface area contributed by atoms with Crippen molar-refractivity contribution in [1.82, 2.24) is 15.6 Å². The molecule has 2 amide bonds. The minimum atomic E-state index is -0.134. The average Bonchev–Trinajstić information content (AvgIpc) is 3.02. The van der Waals surface area contributed by atoms with E-state index in [9.17, 15) is 4.79 Å². The van der Waals surface area contributed by atoms with E-state index in [0.717, 1.165) is 17.5 Å². The Morgan fingerprint density at radius 2 is 1.82 bits per heavy atom. The fourth-order valence-corrected chi connectivity index (χ4v) is 2.41. The summed E-state index contributed by atoms with van der Waals surface area (Å²) in [5, 5.41) is 6.94. The van der Waals surface area contributed by atoms with E-state index in [1.54, 1.807) is 0 Å². The van der Waals surface area contributed by atoms with Gasteiger partial charge in [0.25, 0.3) is 0 Å². The van der Waals surface area contributed by atoms with Crippen molar-refractivity contribution in [2.24, 2.45) is 0 Å². The van der Waals surface area contributed by atoms with Gasteiger partial charge in [0.15, 0.2) is 0 Å². The lowest BCUT2D eigenvalue weighted by molar-refractivity contribution is 0.240. The zero-order valence-corrected chi connectivity index (χ0v) is 12.3. The van der Waals surface area contributed by atoms with Gasteiger partial charge < -0.3 is 15.6 Å². The highest BCUT2D eigenvalue weighted by Gasteiger charge is 2.01. The monoisotopic (exact) mass is 293 g/mol. The van der Waals surface area contributed by atoms with Crippen LogP contribution in [0, 0.1) is 0 Å². The first-order chi connectivity index (χ1) is 10.8. The van der Waals surface area contributed by atoms with Gasteiger partial charge >= 0.3 is 6.03 Å². The van der Waals surface area contributed by atoms with Crippen LogP contribution in [-0.4, -0.2) is 17.6 Å². The van der Waals surface area contributed by atoms with E-state index in [-0.39, 0.29) is 6.03 Å². The molecular weight excluding hydrogens is 274 g/mol. The summed E-state index contributed by atoms with van der Waals surface area (Å²) in [5.74, 6) is 0. The summed E-state index contributed by atoms with van der Waals surface area (Å²) in [4.78, 5) is 14.9. The van der Waals surface area contributed by atoms with Gasteiger partial charge in [-0.1, -0.05) is 42.5 Å². The number of fused-ring (bicyclic) bond motifs is 1. The molecule has 1 heterocycles. The Balaban J connectivity index is 1.43. The topological polar surface area (TPSA) is 56.9 Å². The quantitative estimate of drug-likeness (QED) is 0.664. The Kier molecular flexibility index (Phi) is 4.39. The van der Waals surface area contributed by atoms with E-state index >= 15 is 0 Å². The van der Waals surface area contributed by atoms with Crippen molar-refractivity contribution in [1.29, 1.82) is 0 Å². The maximum Gasteiger partial charge on any atom is 0.315 e. The zero-order valence-electron chi connectivity index (χ0n) is 12.3. The molecule has 0 aliphatic rings. The molecule has 2 aromatic carbocycles. The standard InChI is InChI=1S/C18H19N3O/c22-18(21-13-15-4-2-1-3-5-15)20-10-8-14-6-7-16-9-11-19-17(16)12-14/h1-7,9,11-12,19H,8,10,13H2,(H2,20,21,22). The number of urea groups is 1. The molecule has 0 atom stereocenters. The van der Waals surface area contributed by atoms with Crippen LogP contribution in [0.5, 0.6) is 0 Å². The predicted molar refractivity (Wildman–Crippen MR) is 88.7 cm³/mol. The van der Waals surface area contributed by atoms with E-state index < -0.39 is 0 Å². The Bertz CT molecular complexity index is 749. The van der Waals surface area contributed by atoms with Crippen LogP contribution in [0.1, 0.15) is 11.1 Å². The fourth-order valence-electron chi connectivity index (χ4n) is 2.41. The molecule has 0 bridgehead atoms. The van der Waals surface area contributed by atoms with Crippen molar-refractivity contribution in [3.63, 3.8) is 0 Å². The number of benzene rings is 2. The van der Waals surface area contributed by atoms with Crippen LogP contribution in [-0.2, 0) is 13.0 Å². The number of carbonyl (C=O) groups is 1. The highest BCUT2D eigenvalue weighted by Crippen LogP contribution is 2.14. The summed E-state index contributed by atoms with van der Waals surface area (Å²) in [5.41, 5.74) is 3.43. The van der Waals surface area contributed by atoms with Crippen molar-refractivity contribution in [3.05, 3.63) is 71.9 Å². The van der Waals surface area contributed by atoms with Gasteiger partial charge in [0.2, 0.25) is 0 Å². The predicted octanol–water partition coefficient (Wildman–Crippen LogP) is 3.21. The van der Waals surface area contributed by atoms with E-state index in [1.165, 1.54) is 10.9 Å². The molecule has 0 aliphatic carbocycles. The SMILES string of the molecule is O=C(NCCc1ccc2cc[nH]c2c1)NCc1ccccc1. The summed E-state index contributed by atoms with van der Waals surface area (Å²) >= 11 is 0. The molecule has 0 saturated carbocycles. The molecule has 3 rings (SSSR count). The van der Waals surface area contributed by atoms with E-state index in [0.29, 0.717) is 13.1 Å². The first-order valence-corrected chi connectivity index (χ1v) is 7.43. The van der Waals surface area contributed by atoms with Crippen LogP contribution >= 0.6 is 0 Å². The van der Waals surface area contributed by atoms with Crippen LogP contribution in [0.15, 0.2) is 60.8 Å². The Hall–Kier alpha value is -2.75. The number of H-pyrrole nitrogens is 1. The van der Waals surface area contributed by atoms with Gasteiger partial charge in [-0.3, -0.25) is 0 Å². The summed E-state index contributed by atoms with van der Waals surface area (Å²) < 4.78 is 0. The normalized spacial score (nSPS) is 10.5. The highest BCUT2D eigenvalue weighted by molar-refractivity contribution is 5.79. The second kappa shape index (κ2) is 6.80.